The highest BCUT2D eigenvalue weighted by atomic mass is 32.2. The second-order valence-corrected chi connectivity index (χ2v) is 9.02. The minimum absolute atomic E-state index is 0.00361. The van der Waals surface area contributed by atoms with Gasteiger partial charge in [-0.2, -0.15) is 0 Å². The first-order chi connectivity index (χ1) is 14.5. The predicted molar refractivity (Wildman–Crippen MR) is 125 cm³/mol. The molecule has 2 amide bonds. The lowest BCUT2D eigenvalue weighted by Gasteiger charge is -2.25. The smallest absolute Gasteiger partial charge is 0.238 e. The van der Waals surface area contributed by atoms with Crippen LogP contribution in [0, 0.1) is 12.8 Å². The fourth-order valence-corrected chi connectivity index (χ4v) is 4.37. The monoisotopic (exact) mass is 425 g/mol. The molecule has 30 heavy (non-hydrogen) atoms. The Kier molecular flexibility index (Phi) is 8.34. The quantitative estimate of drug-likeness (QED) is 0.597. The van der Waals surface area contributed by atoms with Crippen molar-refractivity contribution in [3.05, 3.63) is 54.1 Å². The van der Waals surface area contributed by atoms with E-state index in [0.717, 1.165) is 42.1 Å². The van der Waals surface area contributed by atoms with Crippen molar-refractivity contribution in [1.82, 2.24) is 4.90 Å². The summed E-state index contributed by atoms with van der Waals surface area (Å²) in [6.07, 6.45) is 3.57. The summed E-state index contributed by atoms with van der Waals surface area (Å²) in [6.45, 7) is 6.29. The Labute approximate surface area is 183 Å². The topological polar surface area (TPSA) is 61.4 Å². The Bertz CT molecular complexity index is 851. The van der Waals surface area contributed by atoms with Gasteiger partial charge in [0.25, 0.3) is 0 Å². The lowest BCUT2D eigenvalue weighted by Crippen LogP contribution is -2.36. The number of thioether (sulfide) groups is 1. The van der Waals surface area contributed by atoms with Gasteiger partial charge in [0.05, 0.1) is 6.54 Å². The molecule has 3 rings (SSSR count). The Morgan fingerprint density at radius 2 is 1.77 bits per heavy atom. The number of hydrogen-bond donors (Lipinski definition) is 2. The Morgan fingerprint density at radius 1 is 1.03 bits per heavy atom. The number of hydrogen-bond acceptors (Lipinski definition) is 4. The van der Waals surface area contributed by atoms with Crippen molar-refractivity contribution in [3.8, 4) is 0 Å². The third-order valence-corrected chi connectivity index (χ3v) is 6.56. The Balaban J connectivity index is 1.53. The highest BCUT2D eigenvalue weighted by Crippen LogP contribution is 2.23. The maximum absolute atomic E-state index is 12.6. The molecule has 160 valence electrons. The molecule has 0 aromatic heterocycles. The molecule has 1 saturated heterocycles. The molecule has 1 atom stereocenters. The summed E-state index contributed by atoms with van der Waals surface area (Å²) >= 11 is 1.68. The summed E-state index contributed by atoms with van der Waals surface area (Å²) in [5.74, 6) is 0.554. The van der Waals surface area contributed by atoms with Gasteiger partial charge >= 0.3 is 0 Å². The normalized spacial score (nSPS) is 15.4. The highest BCUT2D eigenvalue weighted by Gasteiger charge is 2.16. The highest BCUT2D eigenvalue weighted by molar-refractivity contribution is 7.99. The number of carbonyl (C=O) groups is 2. The fourth-order valence-electron chi connectivity index (χ4n) is 3.42. The lowest BCUT2D eigenvalue weighted by molar-refractivity contribution is -0.119. The number of amides is 2. The molecule has 2 N–H and O–H groups in total. The van der Waals surface area contributed by atoms with E-state index in [1.807, 2.05) is 62.4 Å². The maximum Gasteiger partial charge on any atom is 0.238 e. The molecule has 1 unspecified atom stereocenters. The zero-order valence-corrected chi connectivity index (χ0v) is 18.6. The van der Waals surface area contributed by atoms with Gasteiger partial charge in [-0.3, -0.25) is 14.5 Å². The van der Waals surface area contributed by atoms with E-state index in [2.05, 4.69) is 15.5 Å². The summed E-state index contributed by atoms with van der Waals surface area (Å²) in [4.78, 5) is 28.4. The zero-order valence-electron chi connectivity index (χ0n) is 17.8. The van der Waals surface area contributed by atoms with Gasteiger partial charge in [0.2, 0.25) is 11.8 Å². The van der Waals surface area contributed by atoms with Gasteiger partial charge in [0, 0.05) is 27.9 Å². The molecule has 1 aliphatic rings. The van der Waals surface area contributed by atoms with Crippen molar-refractivity contribution in [2.24, 2.45) is 5.92 Å². The van der Waals surface area contributed by atoms with E-state index in [0.29, 0.717) is 18.0 Å². The zero-order chi connectivity index (χ0) is 21.3. The van der Waals surface area contributed by atoms with Gasteiger partial charge in [-0.05, 0) is 62.7 Å². The van der Waals surface area contributed by atoms with Crippen LogP contribution in [0.4, 0.5) is 11.4 Å². The van der Waals surface area contributed by atoms with E-state index < -0.39 is 0 Å². The summed E-state index contributed by atoms with van der Waals surface area (Å²) in [5, 5.41) is 6.00. The van der Waals surface area contributed by atoms with E-state index in [1.54, 1.807) is 11.8 Å². The van der Waals surface area contributed by atoms with Crippen molar-refractivity contribution in [2.45, 2.75) is 38.0 Å². The molecule has 6 heteroatoms. The van der Waals surface area contributed by atoms with Crippen LogP contribution in [0.25, 0.3) is 0 Å². The Morgan fingerprint density at radius 3 is 2.50 bits per heavy atom. The van der Waals surface area contributed by atoms with Crippen LogP contribution >= 0.6 is 11.8 Å². The third-order valence-electron chi connectivity index (χ3n) is 5.29. The SMILES string of the molecule is Cc1ccc(NC(=O)C(C)CSc2ccccc2)cc1NC(=O)CN1CCCCC1. The number of nitrogens with zero attached hydrogens (tertiary/aromatic N) is 1. The fraction of sp³-hybridized carbons (Fsp3) is 0.417. The molecular weight excluding hydrogens is 394 g/mol. The summed E-state index contributed by atoms with van der Waals surface area (Å²) < 4.78 is 0. The average Bonchev–Trinajstić information content (AvgIpc) is 2.75. The van der Waals surface area contributed by atoms with Crippen LogP contribution in [0.3, 0.4) is 0 Å². The second kappa shape index (κ2) is 11.2. The van der Waals surface area contributed by atoms with Crippen LogP contribution in [0.2, 0.25) is 0 Å². The summed E-state index contributed by atoms with van der Waals surface area (Å²) in [7, 11) is 0. The van der Waals surface area contributed by atoms with Crippen molar-refractivity contribution in [1.29, 1.82) is 0 Å². The number of rotatable bonds is 8. The molecule has 2 aromatic carbocycles. The van der Waals surface area contributed by atoms with Gasteiger partial charge in [0.15, 0.2) is 0 Å². The van der Waals surface area contributed by atoms with E-state index in [-0.39, 0.29) is 17.7 Å². The molecule has 0 aliphatic carbocycles. The second-order valence-electron chi connectivity index (χ2n) is 7.93. The van der Waals surface area contributed by atoms with Crippen molar-refractivity contribution >= 4 is 35.0 Å². The van der Waals surface area contributed by atoms with Crippen LogP contribution in [0.1, 0.15) is 31.7 Å². The molecular formula is C24H31N3O2S. The molecule has 5 nitrogen and oxygen atoms in total. The summed E-state index contributed by atoms with van der Waals surface area (Å²) in [5.41, 5.74) is 2.43. The lowest BCUT2D eigenvalue weighted by atomic mass is 10.1. The predicted octanol–water partition coefficient (Wildman–Crippen LogP) is 4.79. The van der Waals surface area contributed by atoms with Crippen LogP contribution < -0.4 is 10.6 Å². The van der Waals surface area contributed by atoms with Crippen LogP contribution in [-0.2, 0) is 9.59 Å². The molecule has 2 aromatic rings. The molecule has 0 bridgehead atoms. The van der Waals surface area contributed by atoms with Crippen LogP contribution in [0.15, 0.2) is 53.4 Å². The average molecular weight is 426 g/mol. The van der Waals surface area contributed by atoms with Crippen LogP contribution in [0.5, 0.6) is 0 Å². The van der Waals surface area contributed by atoms with E-state index in [1.165, 1.54) is 6.42 Å². The van der Waals surface area contributed by atoms with E-state index in [4.69, 9.17) is 0 Å². The first-order valence-electron chi connectivity index (χ1n) is 10.6. The molecule has 0 saturated carbocycles. The molecule has 1 fully saturated rings. The number of likely N-dealkylation sites (tertiary alicyclic amines) is 1. The number of anilines is 2. The Hall–Kier alpha value is -2.31. The van der Waals surface area contributed by atoms with Crippen molar-refractivity contribution < 1.29 is 9.59 Å². The molecule has 0 radical (unpaired) electrons. The van der Waals surface area contributed by atoms with Gasteiger partial charge in [0.1, 0.15) is 0 Å². The molecule has 1 aliphatic heterocycles. The van der Waals surface area contributed by atoms with Gasteiger partial charge in [-0.25, -0.2) is 0 Å². The van der Waals surface area contributed by atoms with E-state index in [9.17, 15) is 9.59 Å². The standard InChI is InChI=1S/C24H31N3O2S/c1-18-11-12-20(15-22(18)26-23(28)16-27-13-7-4-8-14-27)25-24(29)19(2)17-30-21-9-5-3-6-10-21/h3,5-6,9-12,15,19H,4,7-8,13-14,16-17H2,1-2H3,(H,25,29)(H,26,28). The van der Waals surface area contributed by atoms with Gasteiger partial charge in [-0.15, -0.1) is 11.8 Å². The molecule has 1 heterocycles. The first kappa shape index (κ1) is 22.4. The molecule has 0 spiro atoms. The van der Waals surface area contributed by atoms with Gasteiger partial charge < -0.3 is 10.6 Å². The van der Waals surface area contributed by atoms with Crippen LogP contribution in [-0.4, -0.2) is 42.1 Å². The summed E-state index contributed by atoms with van der Waals surface area (Å²) in [6, 6.07) is 15.7. The van der Waals surface area contributed by atoms with E-state index >= 15 is 0 Å². The van der Waals surface area contributed by atoms with Crippen molar-refractivity contribution in [2.75, 3.05) is 36.0 Å². The third kappa shape index (κ3) is 6.89. The number of piperidine rings is 1. The van der Waals surface area contributed by atoms with Crippen molar-refractivity contribution in [3.63, 3.8) is 0 Å². The minimum Gasteiger partial charge on any atom is -0.326 e. The largest absolute Gasteiger partial charge is 0.326 e. The number of carbonyl (C=O) groups excluding carboxylic acids is 2. The maximum atomic E-state index is 12.6. The number of nitrogens with one attached hydrogen (secondary N) is 2. The minimum atomic E-state index is -0.131. The van der Waals surface area contributed by atoms with Gasteiger partial charge in [-0.1, -0.05) is 37.6 Å². The number of benzene rings is 2. The number of aryl methyl sites for hydroxylation is 1. The first-order valence-corrected chi connectivity index (χ1v) is 11.6.